The van der Waals surface area contributed by atoms with Gasteiger partial charge >= 0.3 is 0 Å². The van der Waals surface area contributed by atoms with Crippen LogP contribution in [0.3, 0.4) is 0 Å². The molecule has 17 heavy (non-hydrogen) atoms. The Morgan fingerprint density at radius 1 is 1.53 bits per heavy atom. The largest absolute Gasteiger partial charge is 0.352 e. The van der Waals surface area contributed by atoms with E-state index in [1.807, 2.05) is 18.7 Å². The van der Waals surface area contributed by atoms with Gasteiger partial charge in [0.1, 0.15) is 23.5 Å². The van der Waals surface area contributed by atoms with E-state index in [4.69, 9.17) is 5.84 Å². The molecule has 1 aliphatic rings. The Balaban J connectivity index is 2.34. The van der Waals surface area contributed by atoms with Gasteiger partial charge in [-0.2, -0.15) is 0 Å². The van der Waals surface area contributed by atoms with Crippen LogP contribution in [0, 0.1) is 0 Å². The number of anilines is 2. The van der Waals surface area contributed by atoms with E-state index < -0.39 is 5.54 Å². The van der Waals surface area contributed by atoms with Crippen LogP contribution in [0.15, 0.2) is 12.4 Å². The fourth-order valence-electron chi connectivity index (χ4n) is 1.87. The van der Waals surface area contributed by atoms with Crippen LogP contribution >= 0.6 is 0 Å². The molecule has 0 aliphatic carbocycles. The normalized spacial score (nSPS) is 18.8. The smallest absolute Gasteiger partial charge is 0.245 e. The molecule has 7 nitrogen and oxygen atoms in total. The van der Waals surface area contributed by atoms with Gasteiger partial charge in [0, 0.05) is 19.2 Å². The molecular weight excluding hydrogens is 220 g/mol. The monoisotopic (exact) mass is 236 g/mol. The van der Waals surface area contributed by atoms with E-state index >= 15 is 0 Å². The molecule has 0 spiro atoms. The summed E-state index contributed by atoms with van der Waals surface area (Å²) in [5.41, 5.74) is 1.84. The number of hydrazine groups is 1. The maximum absolute atomic E-state index is 11.8. The summed E-state index contributed by atoms with van der Waals surface area (Å²) >= 11 is 0. The lowest BCUT2D eigenvalue weighted by Gasteiger charge is -2.41. The highest BCUT2D eigenvalue weighted by Crippen LogP contribution is 2.25. The Kier molecular flexibility index (Phi) is 2.84. The highest BCUT2D eigenvalue weighted by molar-refractivity contribution is 5.90. The molecule has 0 bridgehead atoms. The second kappa shape index (κ2) is 4.17. The number of hydrogen-bond donors (Lipinski definition) is 3. The summed E-state index contributed by atoms with van der Waals surface area (Å²) in [4.78, 5) is 21.9. The van der Waals surface area contributed by atoms with Gasteiger partial charge < -0.3 is 15.6 Å². The molecule has 0 aromatic carbocycles. The summed E-state index contributed by atoms with van der Waals surface area (Å²) in [7, 11) is 0. The second-order valence-corrected chi connectivity index (χ2v) is 4.37. The molecule has 2 heterocycles. The van der Waals surface area contributed by atoms with Crippen LogP contribution in [0.4, 0.5) is 11.6 Å². The Labute approximate surface area is 99.4 Å². The lowest BCUT2D eigenvalue weighted by Crippen LogP contribution is -2.62. The summed E-state index contributed by atoms with van der Waals surface area (Å²) in [5, 5.41) is 2.84. The van der Waals surface area contributed by atoms with Gasteiger partial charge in [-0.05, 0) is 13.8 Å². The topological polar surface area (TPSA) is 96.2 Å². The number of nitrogens with two attached hydrogens (primary N) is 1. The van der Waals surface area contributed by atoms with Gasteiger partial charge in [0.25, 0.3) is 0 Å². The van der Waals surface area contributed by atoms with Crippen molar-refractivity contribution in [3.63, 3.8) is 0 Å². The molecule has 1 saturated heterocycles. The van der Waals surface area contributed by atoms with Crippen LogP contribution in [0.5, 0.6) is 0 Å². The third-order valence-corrected chi connectivity index (χ3v) is 2.93. The number of hydrogen-bond acceptors (Lipinski definition) is 6. The van der Waals surface area contributed by atoms with Crippen molar-refractivity contribution in [1.29, 1.82) is 0 Å². The molecule has 1 aromatic heterocycles. The molecule has 1 aliphatic heterocycles. The molecular formula is C10H16N6O. The molecule has 0 atom stereocenters. The van der Waals surface area contributed by atoms with Crippen LogP contribution in [-0.4, -0.2) is 34.5 Å². The highest BCUT2D eigenvalue weighted by Gasteiger charge is 2.38. The van der Waals surface area contributed by atoms with Crippen molar-refractivity contribution >= 4 is 17.5 Å². The van der Waals surface area contributed by atoms with Crippen molar-refractivity contribution in [2.24, 2.45) is 5.84 Å². The zero-order valence-electron chi connectivity index (χ0n) is 9.90. The standard InChI is InChI=1S/C10H16N6O/c1-10(2)9(17)12-3-4-16(10)8-5-7(15-11)13-6-14-8/h5-6H,3-4,11H2,1-2H3,(H,12,17)(H,13,14,15). The van der Waals surface area contributed by atoms with E-state index in [2.05, 4.69) is 20.7 Å². The number of nitrogen functional groups attached to an aromatic ring is 1. The summed E-state index contributed by atoms with van der Waals surface area (Å²) in [6.45, 7) is 5.04. The third kappa shape index (κ3) is 2.01. The van der Waals surface area contributed by atoms with E-state index in [9.17, 15) is 4.79 Å². The van der Waals surface area contributed by atoms with E-state index in [0.717, 1.165) is 0 Å². The molecule has 0 unspecified atom stereocenters. The molecule has 1 fully saturated rings. The molecule has 7 heteroatoms. The Morgan fingerprint density at radius 3 is 3.00 bits per heavy atom. The lowest BCUT2D eigenvalue weighted by molar-refractivity contribution is -0.126. The first-order chi connectivity index (χ1) is 8.05. The molecule has 1 aromatic rings. The molecule has 1 amide bonds. The van der Waals surface area contributed by atoms with Crippen LogP contribution in [0.1, 0.15) is 13.8 Å². The maximum atomic E-state index is 11.8. The van der Waals surface area contributed by atoms with Crippen LogP contribution in [-0.2, 0) is 4.79 Å². The number of rotatable bonds is 2. The van der Waals surface area contributed by atoms with Gasteiger partial charge in [-0.25, -0.2) is 15.8 Å². The Bertz CT molecular complexity index is 433. The van der Waals surface area contributed by atoms with E-state index in [-0.39, 0.29) is 5.91 Å². The minimum atomic E-state index is -0.627. The van der Waals surface area contributed by atoms with Gasteiger partial charge in [0.2, 0.25) is 5.91 Å². The molecule has 4 N–H and O–H groups in total. The van der Waals surface area contributed by atoms with E-state index in [0.29, 0.717) is 24.7 Å². The summed E-state index contributed by atoms with van der Waals surface area (Å²) in [5.74, 6) is 6.51. The molecule has 92 valence electrons. The van der Waals surface area contributed by atoms with E-state index in [1.165, 1.54) is 6.33 Å². The van der Waals surface area contributed by atoms with Crippen molar-refractivity contribution in [2.45, 2.75) is 19.4 Å². The van der Waals surface area contributed by atoms with Crippen LogP contribution < -0.4 is 21.5 Å². The first-order valence-electron chi connectivity index (χ1n) is 5.40. The number of nitrogens with zero attached hydrogens (tertiary/aromatic N) is 3. The number of piperazine rings is 1. The van der Waals surface area contributed by atoms with Crippen molar-refractivity contribution in [1.82, 2.24) is 15.3 Å². The van der Waals surface area contributed by atoms with E-state index in [1.54, 1.807) is 6.07 Å². The van der Waals surface area contributed by atoms with Gasteiger partial charge in [0.15, 0.2) is 0 Å². The molecule has 0 radical (unpaired) electrons. The zero-order valence-corrected chi connectivity index (χ0v) is 9.90. The first kappa shape index (κ1) is 11.6. The van der Waals surface area contributed by atoms with Crippen LogP contribution in [0.25, 0.3) is 0 Å². The number of carbonyl (C=O) groups is 1. The Morgan fingerprint density at radius 2 is 2.29 bits per heavy atom. The van der Waals surface area contributed by atoms with Crippen molar-refractivity contribution < 1.29 is 4.79 Å². The number of nitrogens with one attached hydrogen (secondary N) is 2. The summed E-state index contributed by atoms with van der Waals surface area (Å²) in [6, 6.07) is 1.72. The molecule has 2 rings (SSSR count). The number of carbonyl (C=O) groups excluding carboxylic acids is 1. The third-order valence-electron chi connectivity index (χ3n) is 2.93. The first-order valence-corrected chi connectivity index (χ1v) is 5.40. The minimum absolute atomic E-state index is 0.00961. The lowest BCUT2D eigenvalue weighted by atomic mass is 9.99. The van der Waals surface area contributed by atoms with Gasteiger partial charge in [-0.3, -0.25) is 4.79 Å². The van der Waals surface area contributed by atoms with Crippen molar-refractivity contribution in [3.8, 4) is 0 Å². The zero-order chi connectivity index (χ0) is 12.5. The minimum Gasteiger partial charge on any atom is -0.352 e. The van der Waals surface area contributed by atoms with Gasteiger partial charge in [0.05, 0.1) is 0 Å². The predicted molar refractivity (Wildman–Crippen MR) is 64.3 cm³/mol. The van der Waals surface area contributed by atoms with Crippen molar-refractivity contribution in [2.75, 3.05) is 23.4 Å². The Hall–Kier alpha value is -1.89. The fraction of sp³-hybridized carbons (Fsp3) is 0.500. The predicted octanol–water partition coefficient (Wildman–Crippen LogP) is -0.523. The summed E-state index contributed by atoms with van der Waals surface area (Å²) < 4.78 is 0. The number of amides is 1. The SMILES string of the molecule is CC1(C)C(=O)NCCN1c1cc(NN)ncn1. The second-order valence-electron chi connectivity index (χ2n) is 4.37. The quantitative estimate of drug-likeness (QED) is 0.472. The molecule has 0 saturated carbocycles. The van der Waals surface area contributed by atoms with Gasteiger partial charge in [-0.15, -0.1) is 0 Å². The fourth-order valence-corrected chi connectivity index (χ4v) is 1.87. The van der Waals surface area contributed by atoms with Crippen LogP contribution in [0.2, 0.25) is 0 Å². The average Bonchev–Trinajstić information content (AvgIpc) is 2.32. The van der Waals surface area contributed by atoms with Crippen molar-refractivity contribution in [3.05, 3.63) is 12.4 Å². The average molecular weight is 236 g/mol. The maximum Gasteiger partial charge on any atom is 0.245 e. The van der Waals surface area contributed by atoms with Gasteiger partial charge in [-0.1, -0.05) is 0 Å². The number of aromatic nitrogens is 2. The highest BCUT2D eigenvalue weighted by atomic mass is 16.2. The summed E-state index contributed by atoms with van der Waals surface area (Å²) in [6.07, 6.45) is 1.42.